The lowest BCUT2D eigenvalue weighted by molar-refractivity contribution is -0.135. The molecule has 0 bridgehead atoms. The number of fused-ring (bicyclic) bond motifs is 1. The molecule has 2 saturated heterocycles. The van der Waals surface area contributed by atoms with Crippen molar-refractivity contribution in [2.45, 2.75) is 44.5 Å². The van der Waals surface area contributed by atoms with Crippen LogP contribution in [-0.4, -0.2) is 38.4 Å². The van der Waals surface area contributed by atoms with Gasteiger partial charge in [0.05, 0.1) is 10.6 Å². The topological polar surface area (TPSA) is 62.3 Å². The van der Waals surface area contributed by atoms with Crippen molar-refractivity contribution in [3.63, 3.8) is 0 Å². The third kappa shape index (κ3) is 2.93. The van der Waals surface area contributed by atoms with E-state index < -0.39 is 6.04 Å². The van der Waals surface area contributed by atoms with Gasteiger partial charge in [0.2, 0.25) is 11.8 Å². The minimum atomic E-state index is -0.409. The average molecular weight is 388 g/mol. The molecule has 136 valence electrons. The molecule has 0 saturated carbocycles. The number of rotatable bonds is 3. The van der Waals surface area contributed by atoms with Crippen molar-refractivity contribution in [3.8, 4) is 11.3 Å². The molecule has 2 aromatic rings. The maximum atomic E-state index is 12.8. The number of nitrogens with one attached hydrogen (secondary N) is 1. The van der Waals surface area contributed by atoms with Gasteiger partial charge in [-0.1, -0.05) is 17.7 Å². The summed E-state index contributed by atoms with van der Waals surface area (Å²) in [5.74, 6) is 0.578. The van der Waals surface area contributed by atoms with Crippen LogP contribution in [0, 0.1) is 13.8 Å². The van der Waals surface area contributed by atoms with E-state index in [0.717, 1.165) is 23.2 Å². The number of thioether (sulfide) groups is 1. The number of aryl methyl sites for hydroxylation is 2. The molecule has 26 heavy (non-hydrogen) atoms. The molecule has 2 fully saturated rings. The molecule has 3 heterocycles. The van der Waals surface area contributed by atoms with Gasteiger partial charge in [0, 0.05) is 23.1 Å². The Labute approximate surface area is 161 Å². The van der Waals surface area contributed by atoms with Crippen LogP contribution in [0.15, 0.2) is 23.6 Å². The molecule has 7 heteroatoms. The van der Waals surface area contributed by atoms with E-state index in [2.05, 4.69) is 49.3 Å². The van der Waals surface area contributed by atoms with Gasteiger partial charge in [-0.15, -0.1) is 23.1 Å². The van der Waals surface area contributed by atoms with E-state index in [1.165, 1.54) is 16.9 Å². The highest BCUT2D eigenvalue weighted by atomic mass is 32.2. The summed E-state index contributed by atoms with van der Waals surface area (Å²) < 4.78 is 0. The Bertz CT molecular complexity index is 895. The number of carbonyl (C=O) groups is 2. The largest absolute Gasteiger partial charge is 0.315 e. The monoisotopic (exact) mass is 387 g/mol. The number of thiazole rings is 1. The van der Waals surface area contributed by atoms with Gasteiger partial charge in [-0.25, -0.2) is 4.98 Å². The zero-order valence-electron chi connectivity index (χ0n) is 15.0. The van der Waals surface area contributed by atoms with Crippen LogP contribution in [-0.2, 0) is 9.59 Å². The van der Waals surface area contributed by atoms with Crippen molar-refractivity contribution in [3.05, 3.63) is 34.7 Å². The molecule has 5 nitrogen and oxygen atoms in total. The Morgan fingerprint density at radius 2 is 2.19 bits per heavy atom. The van der Waals surface area contributed by atoms with Gasteiger partial charge < -0.3 is 10.2 Å². The first-order valence-corrected chi connectivity index (χ1v) is 10.5. The summed E-state index contributed by atoms with van der Waals surface area (Å²) in [7, 11) is 0. The maximum absolute atomic E-state index is 12.8. The average Bonchev–Trinajstić information content (AvgIpc) is 3.26. The molecule has 0 aliphatic carbocycles. The fourth-order valence-corrected chi connectivity index (χ4v) is 5.82. The molecule has 4 rings (SSSR count). The molecule has 1 N–H and O–H groups in total. The van der Waals surface area contributed by atoms with Crippen LogP contribution in [0.2, 0.25) is 0 Å². The summed E-state index contributed by atoms with van der Waals surface area (Å²) in [5, 5.41) is 5.46. The minimum Gasteiger partial charge on any atom is -0.315 e. The van der Waals surface area contributed by atoms with Gasteiger partial charge in [0.25, 0.3) is 0 Å². The Kier molecular flexibility index (Phi) is 4.31. The third-order valence-corrected chi connectivity index (χ3v) is 7.41. The SMILES string of the molecule is Cc1ccc(C)c(-c2csc(NC(=O)[C@H]3CS[C@]4(C)CCC(=O)N34)n2)c1. The van der Waals surface area contributed by atoms with Crippen LogP contribution < -0.4 is 5.32 Å². The molecule has 1 aromatic carbocycles. The van der Waals surface area contributed by atoms with Gasteiger partial charge in [-0.05, 0) is 38.8 Å². The molecule has 0 unspecified atom stereocenters. The summed E-state index contributed by atoms with van der Waals surface area (Å²) in [6, 6.07) is 5.86. The molecule has 1 aromatic heterocycles. The van der Waals surface area contributed by atoms with Crippen molar-refractivity contribution >= 4 is 40.0 Å². The van der Waals surface area contributed by atoms with Crippen molar-refractivity contribution in [1.29, 1.82) is 0 Å². The van der Waals surface area contributed by atoms with Crippen LogP contribution >= 0.6 is 23.1 Å². The number of anilines is 1. The standard InChI is InChI=1S/C19H21N3O2S2/c1-11-4-5-12(2)13(8-11)14-9-25-18(20-14)21-17(24)15-10-26-19(3)7-6-16(23)22(15)19/h4-5,8-9,15H,6-7,10H2,1-3H3,(H,20,21,24)/t15-,19-/m1/s1. The minimum absolute atomic E-state index is 0.0767. The summed E-state index contributed by atoms with van der Waals surface area (Å²) in [6.45, 7) is 6.17. The van der Waals surface area contributed by atoms with Gasteiger partial charge in [-0.3, -0.25) is 9.59 Å². The van der Waals surface area contributed by atoms with Crippen molar-refractivity contribution in [1.82, 2.24) is 9.88 Å². The van der Waals surface area contributed by atoms with Crippen LogP contribution in [0.5, 0.6) is 0 Å². The van der Waals surface area contributed by atoms with Crippen molar-refractivity contribution < 1.29 is 9.59 Å². The maximum Gasteiger partial charge on any atom is 0.249 e. The Balaban J connectivity index is 1.52. The summed E-state index contributed by atoms with van der Waals surface area (Å²) in [6.07, 6.45) is 1.34. The van der Waals surface area contributed by atoms with E-state index in [1.807, 2.05) is 5.38 Å². The number of nitrogens with zero attached hydrogens (tertiary/aromatic N) is 2. The highest BCUT2D eigenvalue weighted by Crippen LogP contribution is 2.47. The van der Waals surface area contributed by atoms with E-state index >= 15 is 0 Å². The number of benzene rings is 1. The molecule has 2 aliphatic rings. The summed E-state index contributed by atoms with van der Waals surface area (Å²) in [4.78, 5) is 31.1. The fourth-order valence-electron chi connectivity index (χ4n) is 3.67. The molecule has 2 amide bonds. The first kappa shape index (κ1) is 17.5. The van der Waals surface area contributed by atoms with E-state index in [1.54, 1.807) is 16.7 Å². The van der Waals surface area contributed by atoms with Crippen LogP contribution in [0.1, 0.15) is 30.9 Å². The zero-order valence-corrected chi connectivity index (χ0v) is 16.7. The van der Waals surface area contributed by atoms with Crippen molar-refractivity contribution in [2.24, 2.45) is 0 Å². The number of hydrogen-bond donors (Lipinski definition) is 1. The second-order valence-corrected chi connectivity index (χ2v) is 9.47. The van der Waals surface area contributed by atoms with Crippen LogP contribution in [0.25, 0.3) is 11.3 Å². The molecular formula is C19H21N3O2S2. The number of amides is 2. The number of aromatic nitrogens is 1. The van der Waals surface area contributed by atoms with Gasteiger partial charge in [0.1, 0.15) is 6.04 Å². The first-order valence-electron chi connectivity index (χ1n) is 8.67. The second-order valence-electron chi connectivity index (χ2n) is 7.11. The summed E-state index contributed by atoms with van der Waals surface area (Å²) >= 11 is 3.12. The van der Waals surface area contributed by atoms with Gasteiger partial charge in [0.15, 0.2) is 5.13 Å². The van der Waals surface area contributed by atoms with Gasteiger partial charge in [-0.2, -0.15) is 0 Å². The highest BCUT2D eigenvalue weighted by Gasteiger charge is 2.52. The normalized spacial score (nSPS) is 24.8. The molecule has 2 atom stereocenters. The van der Waals surface area contributed by atoms with E-state index in [-0.39, 0.29) is 16.7 Å². The molecular weight excluding hydrogens is 366 g/mol. The van der Waals surface area contributed by atoms with Crippen LogP contribution in [0.3, 0.4) is 0 Å². The number of carbonyl (C=O) groups excluding carboxylic acids is 2. The second kappa shape index (κ2) is 6.39. The fraction of sp³-hybridized carbons (Fsp3) is 0.421. The predicted molar refractivity (Wildman–Crippen MR) is 106 cm³/mol. The molecule has 2 aliphatic heterocycles. The highest BCUT2D eigenvalue weighted by molar-refractivity contribution is 8.01. The van der Waals surface area contributed by atoms with E-state index in [4.69, 9.17) is 0 Å². The van der Waals surface area contributed by atoms with E-state index in [9.17, 15) is 9.59 Å². The quantitative estimate of drug-likeness (QED) is 0.870. The lowest BCUT2D eigenvalue weighted by Crippen LogP contribution is -2.48. The smallest absolute Gasteiger partial charge is 0.249 e. The lowest BCUT2D eigenvalue weighted by Gasteiger charge is -2.29. The predicted octanol–water partition coefficient (Wildman–Crippen LogP) is 3.82. The molecule has 0 spiro atoms. The molecule has 0 radical (unpaired) electrons. The Morgan fingerprint density at radius 1 is 1.38 bits per heavy atom. The zero-order chi connectivity index (χ0) is 18.5. The van der Waals surface area contributed by atoms with Crippen LogP contribution in [0.4, 0.5) is 5.13 Å². The Hall–Kier alpha value is -1.86. The number of hydrogen-bond acceptors (Lipinski definition) is 5. The van der Waals surface area contributed by atoms with Crippen molar-refractivity contribution in [2.75, 3.05) is 11.1 Å². The third-order valence-electron chi connectivity index (χ3n) is 5.15. The lowest BCUT2D eigenvalue weighted by atomic mass is 10.0. The van der Waals surface area contributed by atoms with E-state index in [0.29, 0.717) is 17.3 Å². The first-order chi connectivity index (χ1) is 12.4. The summed E-state index contributed by atoms with van der Waals surface area (Å²) in [5.41, 5.74) is 4.29. The van der Waals surface area contributed by atoms with Gasteiger partial charge >= 0.3 is 0 Å². The Morgan fingerprint density at radius 3 is 3.00 bits per heavy atom.